The fourth-order valence-electron chi connectivity index (χ4n) is 4.52. The summed E-state index contributed by atoms with van der Waals surface area (Å²) in [4.78, 5) is 45.0. The van der Waals surface area contributed by atoms with E-state index in [4.69, 9.17) is 4.98 Å². The highest BCUT2D eigenvalue weighted by molar-refractivity contribution is 7.24. The highest BCUT2D eigenvalue weighted by Crippen LogP contribution is 2.33. The molecule has 1 N–H and O–H groups in total. The number of fused-ring (bicyclic) bond motifs is 5. The summed E-state index contributed by atoms with van der Waals surface area (Å²) in [6.45, 7) is 3.71. The Morgan fingerprint density at radius 2 is 2.06 bits per heavy atom. The molecular formula is C24H24N8O2S. The van der Waals surface area contributed by atoms with E-state index in [2.05, 4.69) is 32.1 Å². The Bertz CT molecular complexity index is 1610. The number of imidazole rings is 1. The van der Waals surface area contributed by atoms with E-state index in [1.165, 1.54) is 11.3 Å². The second-order valence-electron chi connectivity index (χ2n) is 8.75. The molecule has 4 aromatic heterocycles. The maximum atomic E-state index is 13.6. The van der Waals surface area contributed by atoms with Gasteiger partial charge in [-0.15, -0.1) is 11.3 Å². The standard InChI is InChI=1S/C24H24N8O2S/c1-29-8-4-9-31(12-11-29)24-26-13-16-21(34)20(27-19(33)14-30-10-7-25-15-30)23-32(22(16)28-24)17-5-2-3-6-18(17)35-23/h2-3,5-7,10,13,15H,4,8-9,11-12,14H2,1H3,(H,27,33). The molecule has 35 heavy (non-hydrogen) atoms. The summed E-state index contributed by atoms with van der Waals surface area (Å²) in [7, 11) is 2.12. The van der Waals surface area contributed by atoms with Gasteiger partial charge in [0.05, 0.1) is 21.9 Å². The van der Waals surface area contributed by atoms with Crippen molar-refractivity contribution in [1.29, 1.82) is 0 Å². The Labute approximate surface area is 204 Å². The molecule has 5 heterocycles. The van der Waals surface area contributed by atoms with Crippen LogP contribution in [0.3, 0.4) is 0 Å². The lowest BCUT2D eigenvalue weighted by Gasteiger charge is -2.20. The van der Waals surface area contributed by atoms with Crippen molar-refractivity contribution >= 4 is 55.0 Å². The summed E-state index contributed by atoms with van der Waals surface area (Å²) in [6.07, 6.45) is 7.50. The highest BCUT2D eigenvalue weighted by Gasteiger charge is 2.22. The first-order valence-corrected chi connectivity index (χ1v) is 12.3. The van der Waals surface area contributed by atoms with Gasteiger partial charge in [-0.1, -0.05) is 12.1 Å². The number of amides is 1. The molecule has 1 aromatic carbocycles. The summed E-state index contributed by atoms with van der Waals surface area (Å²) in [5.74, 6) is 0.318. The van der Waals surface area contributed by atoms with Gasteiger partial charge in [-0.25, -0.2) is 9.97 Å². The fraction of sp³-hybridized carbons (Fsp3) is 0.292. The van der Waals surface area contributed by atoms with E-state index in [1.54, 1.807) is 29.5 Å². The molecule has 1 aliphatic heterocycles. The van der Waals surface area contributed by atoms with Gasteiger partial charge in [-0.05, 0) is 32.1 Å². The van der Waals surface area contributed by atoms with Crippen LogP contribution in [0.15, 0.2) is 54.0 Å². The normalized spacial score (nSPS) is 15.2. The van der Waals surface area contributed by atoms with Gasteiger partial charge >= 0.3 is 0 Å². The van der Waals surface area contributed by atoms with E-state index in [-0.39, 0.29) is 23.6 Å². The lowest BCUT2D eigenvalue weighted by molar-refractivity contribution is -0.116. The molecule has 0 bridgehead atoms. The Balaban J connectivity index is 1.52. The average molecular weight is 489 g/mol. The van der Waals surface area contributed by atoms with E-state index < -0.39 is 0 Å². The Morgan fingerprint density at radius 1 is 1.17 bits per heavy atom. The first kappa shape index (κ1) is 21.7. The minimum atomic E-state index is -0.301. The van der Waals surface area contributed by atoms with Crippen LogP contribution < -0.4 is 15.6 Å². The number of carbonyl (C=O) groups is 1. The SMILES string of the molecule is CN1CCCN(c2ncc3c(=O)c(NC(=O)Cn4ccnc4)c4sc5ccccc5n4c3n2)CC1. The topological polar surface area (TPSA) is 101 Å². The predicted molar refractivity (Wildman–Crippen MR) is 137 cm³/mol. The van der Waals surface area contributed by atoms with Crippen molar-refractivity contribution in [2.75, 3.05) is 43.4 Å². The van der Waals surface area contributed by atoms with E-state index in [9.17, 15) is 9.59 Å². The van der Waals surface area contributed by atoms with Crippen molar-refractivity contribution in [3.8, 4) is 0 Å². The molecule has 5 aromatic rings. The van der Waals surface area contributed by atoms with Gasteiger partial charge in [-0.3, -0.25) is 14.0 Å². The van der Waals surface area contributed by atoms with Crippen LogP contribution in [-0.2, 0) is 11.3 Å². The number of pyridine rings is 1. The van der Waals surface area contributed by atoms with Gasteiger partial charge in [0.25, 0.3) is 0 Å². The van der Waals surface area contributed by atoms with Crippen molar-refractivity contribution in [3.05, 3.63) is 59.4 Å². The third kappa shape index (κ3) is 3.92. The van der Waals surface area contributed by atoms with E-state index in [0.717, 1.165) is 42.8 Å². The van der Waals surface area contributed by atoms with Crippen molar-refractivity contribution in [2.24, 2.45) is 0 Å². The molecule has 178 valence electrons. The molecule has 0 spiro atoms. The smallest absolute Gasteiger partial charge is 0.244 e. The summed E-state index contributed by atoms with van der Waals surface area (Å²) in [5.41, 5.74) is 1.45. The zero-order valence-corrected chi connectivity index (χ0v) is 20.0. The monoisotopic (exact) mass is 488 g/mol. The number of likely N-dealkylation sites (N-methyl/N-ethyl adjacent to an activating group) is 1. The zero-order valence-electron chi connectivity index (χ0n) is 19.2. The first-order chi connectivity index (χ1) is 17.1. The number of hydrogen-bond donors (Lipinski definition) is 1. The third-order valence-electron chi connectivity index (χ3n) is 6.32. The van der Waals surface area contributed by atoms with Crippen molar-refractivity contribution in [1.82, 2.24) is 28.8 Å². The van der Waals surface area contributed by atoms with Gasteiger partial charge in [-0.2, -0.15) is 4.98 Å². The van der Waals surface area contributed by atoms with Crippen LogP contribution in [0.1, 0.15) is 6.42 Å². The number of rotatable bonds is 4. The van der Waals surface area contributed by atoms with E-state index >= 15 is 0 Å². The number of thiazole rings is 1. The molecule has 1 aliphatic rings. The number of hydrogen-bond acceptors (Lipinski definition) is 8. The molecule has 1 fully saturated rings. The largest absolute Gasteiger partial charge is 0.339 e. The minimum absolute atomic E-state index is 0.0629. The molecule has 0 saturated carbocycles. The Hall–Kier alpha value is -3.83. The number of anilines is 2. The van der Waals surface area contributed by atoms with Crippen LogP contribution >= 0.6 is 11.3 Å². The summed E-state index contributed by atoms with van der Waals surface area (Å²) in [5, 5.41) is 3.23. The molecule has 0 unspecified atom stereocenters. The molecule has 6 rings (SSSR count). The summed E-state index contributed by atoms with van der Waals surface area (Å²) >= 11 is 1.46. The fourth-order valence-corrected chi connectivity index (χ4v) is 5.66. The summed E-state index contributed by atoms with van der Waals surface area (Å²) < 4.78 is 4.63. The van der Waals surface area contributed by atoms with Crippen LogP contribution in [0.5, 0.6) is 0 Å². The molecule has 1 amide bonds. The first-order valence-electron chi connectivity index (χ1n) is 11.5. The van der Waals surface area contributed by atoms with Gasteiger partial charge in [0.2, 0.25) is 17.3 Å². The van der Waals surface area contributed by atoms with Crippen molar-refractivity contribution in [2.45, 2.75) is 13.0 Å². The average Bonchev–Trinajstić information content (AvgIpc) is 3.45. The molecule has 0 atom stereocenters. The van der Waals surface area contributed by atoms with Gasteiger partial charge in [0.1, 0.15) is 17.1 Å². The quantitative estimate of drug-likeness (QED) is 0.415. The van der Waals surface area contributed by atoms with Crippen molar-refractivity contribution in [3.63, 3.8) is 0 Å². The third-order valence-corrected chi connectivity index (χ3v) is 7.47. The lowest BCUT2D eigenvalue weighted by atomic mass is 10.2. The second-order valence-corrected chi connectivity index (χ2v) is 9.78. The van der Waals surface area contributed by atoms with Gasteiger partial charge in [0, 0.05) is 38.2 Å². The number of carbonyl (C=O) groups excluding carboxylic acids is 1. The number of nitrogens with zero attached hydrogens (tertiary/aromatic N) is 7. The van der Waals surface area contributed by atoms with Gasteiger partial charge in [0.15, 0.2) is 5.65 Å². The molecule has 0 radical (unpaired) electrons. The molecule has 0 aliphatic carbocycles. The number of para-hydroxylation sites is 1. The number of benzene rings is 1. The summed E-state index contributed by atoms with van der Waals surface area (Å²) in [6, 6.07) is 7.93. The van der Waals surface area contributed by atoms with Crippen LogP contribution in [0, 0.1) is 0 Å². The Morgan fingerprint density at radius 3 is 2.91 bits per heavy atom. The maximum Gasteiger partial charge on any atom is 0.244 e. The van der Waals surface area contributed by atoms with Crippen LogP contribution in [0.4, 0.5) is 11.6 Å². The molecule has 10 nitrogen and oxygen atoms in total. The zero-order chi connectivity index (χ0) is 23.9. The van der Waals surface area contributed by atoms with Gasteiger partial charge < -0.3 is 19.7 Å². The van der Waals surface area contributed by atoms with Crippen molar-refractivity contribution < 1.29 is 4.79 Å². The molecular weight excluding hydrogens is 464 g/mol. The van der Waals surface area contributed by atoms with Crippen LogP contribution in [-0.4, -0.2) is 68.0 Å². The lowest BCUT2D eigenvalue weighted by Crippen LogP contribution is -2.30. The predicted octanol–water partition coefficient (Wildman–Crippen LogP) is 2.43. The number of aromatic nitrogens is 5. The second kappa shape index (κ2) is 8.75. The van der Waals surface area contributed by atoms with Crippen LogP contribution in [0.25, 0.3) is 26.1 Å². The highest BCUT2D eigenvalue weighted by atomic mass is 32.1. The molecule has 1 saturated heterocycles. The maximum absolute atomic E-state index is 13.6. The van der Waals surface area contributed by atoms with Crippen LogP contribution in [0.2, 0.25) is 0 Å². The van der Waals surface area contributed by atoms with E-state index in [1.807, 2.05) is 28.7 Å². The minimum Gasteiger partial charge on any atom is -0.339 e. The molecule has 11 heteroatoms. The Kier molecular flexibility index (Phi) is 5.42. The van der Waals surface area contributed by atoms with E-state index in [0.29, 0.717) is 21.8 Å². The number of nitrogens with one attached hydrogen (secondary N) is 1.